The van der Waals surface area contributed by atoms with E-state index in [1.807, 2.05) is 29.4 Å². The molecule has 1 amide bonds. The zero-order chi connectivity index (χ0) is 19.9. The first-order valence-corrected chi connectivity index (χ1v) is 11.1. The monoisotopic (exact) mass is 420 g/mol. The normalized spacial score (nSPS) is 16.9. The van der Waals surface area contributed by atoms with Gasteiger partial charge in [0.25, 0.3) is 0 Å². The number of carbonyl (C=O) groups excluding carboxylic acids is 1. The van der Waals surface area contributed by atoms with Crippen LogP contribution in [-0.4, -0.2) is 75.2 Å². The number of rotatable bonds is 10. The zero-order valence-electron chi connectivity index (χ0n) is 15.8. The van der Waals surface area contributed by atoms with Crippen molar-refractivity contribution in [2.24, 2.45) is 0 Å². The van der Waals surface area contributed by atoms with Crippen molar-refractivity contribution in [1.29, 1.82) is 0 Å². The van der Waals surface area contributed by atoms with Gasteiger partial charge in [0, 0.05) is 55.6 Å². The molecule has 3 heterocycles. The molecule has 7 nitrogen and oxygen atoms in total. The van der Waals surface area contributed by atoms with Crippen LogP contribution in [0.1, 0.15) is 28.9 Å². The highest BCUT2D eigenvalue weighted by Crippen LogP contribution is 2.25. The topological polar surface area (TPSA) is 86.6 Å². The third-order valence-electron chi connectivity index (χ3n) is 4.77. The summed E-state index contributed by atoms with van der Waals surface area (Å²) in [5, 5.41) is 10.5. The van der Waals surface area contributed by atoms with Crippen LogP contribution < -0.4 is 0 Å². The average Bonchev–Trinajstić information content (AvgIpc) is 3.29. The van der Waals surface area contributed by atoms with E-state index in [0.717, 1.165) is 36.0 Å². The summed E-state index contributed by atoms with van der Waals surface area (Å²) < 4.78 is 0.732. The van der Waals surface area contributed by atoms with Gasteiger partial charge in [-0.05, 0) is 37.6 Å². The molecule has 9 heteroatoms. The first-order chi connectivity index (χ1) is 13.5. The molecule has 3 rings (SSSR count). The number of amides is 1. The number of pyridine rings is 1. The van der Waals surface area contributed by atoms with Crippen LogP contribution in [-0.2, 0) is 11.2 Å². The number of thiazole rings is 1. The maximum Gasteiger partial charge on any atom is 0.355 e. The Morgan fingerprint density at radius 1 is 1.43 bits per heavy atom. The number of hydrogen-bond acceptors (Lipinski definition) is 7. The van der Waals surface area contributed by atoms with E-state index in [4.69, 9.17) is 5.11 Å². The van der Waals surface area contributed by atoms with Gasteiger partial charge in [-0.2, -0.15) is 0 Å². The van der Waals surface area contributed by atoms with E-state index in [-0.39, 0.29) is 17.6 Å². The predicted octanol–water partition coefficient (Wildman–Crippen LogP) is 2.49. The first-order valence-electron chi connectivity index (χ1n) is 9.21. The summed E-state index contributed by atoms with van der Waals surface area (Å²) in [6.07, 6.45) is 6.08. The Labute approximate surface area is 172 Å². The number of likely N-dealkylation sites (N-methyl/N-ethyl adjacent to an activating group) is 1. The second-order valence-electron chi connectivity index (χ2n) is 6.80. The molecule has 0 saturated carbocycles. The molecular formula is C19H24N4O3S2. The highest BCUT2D eigenvalue weighted by Gasteiger charge is 2.31. The van der Waals surface area contributed by atoms with Gasteiger partial charge in [0.1, 0.15) is 0 Å². The third-order valence-corrected chi connectivity index (χ3v) is 6.77. The number of carboxylic acid groups (broad SMARTS) is 1. The molecule has 2 aromatic heterocycles. The van der Waals surface area contributed by atoms with E-state index >= 15 is 0 Å². The van der Waals surface area contributed by atoms with Gasteiger partial charge in [0.05, 0.1) is 0 Å². The number of likely N-dealkylation sites (tertiary alicyclic amines) is 1. The van der Waals surface area contributed by atoms with E-state index in [1.165, 1.54) is 28.7 Å². The third kappa shape index (κ3) is 5.76. The number of aromatic carboxylic acids is 1. The van der Waals surface area contributed by atoms with Crippen molar-refractivity contribution in [2.75, 3.05) is 32.4 Å². The lowest BCUT2D eigenvalue weighted by atomic mass is 10.1. The van der Waals surface area contributed by atoms with Gasteiger partial charge in [0.15, 0.2) is 10.0 Å². The Morgan fingerprint density at radius 2 is 2.21 bits per heavy atom. The molecule has 1 fully saturated rings. The van der Waals surface area contributed by atoms with Crippen molar-refractivity contribution in [3.05, 3.63) is 41.2 Å². The lowest BCUT2D eigenvalue weighted by Crippen LogP contribution is -2.42. The number of carbonyl (C=O) groups is 2. The number of nitrogens with zero attached hydrogens (tertiary/aromatic N) is 4. The van der Waals surface area contributed by atoms with Crippen molar-refractivity contribution in [3.8, 4) is 0 Å². The lowest BCUT2D eigenvalue weighted by Gasteiger charge is -2.28. The van der Waals surface area contributed by atoms with Crippen LogP contribution in [0, 0.1) is 0 Å². The van der Waals surface area contributed by atoms with Crippen LogP contribution in [0.2, 0.25) is 0 Å². The minimum absolute atomic E-state index is 0.0819. The SMILES string of the molecule is CN(CCc1ccncc1)CC1CCC(=O)N1CCSc1nc(C(=O)O)cs1. The summed E-state index contributed by atoms with van der Waals surface area (Å²) in [4.78, 5) is 35.6. The lowest BCUT2D eigenvalue weighted by molar-refractivity contribution is -0.128. The van der Waals surface area contributed by atoms with E-state index in [1.54, 1.807) is 5.38 Å². The molecule has 0 radical (unpaired) electrons. The standard InChI is InChI=1S/C19H24N4O3S2/c1-22(9-6-14-4-7-20-8-5-14)12-15-2-3-17(24)23(15)10-11-27-19-21-16(13-28-19)18(25)26/h4-5,7-8,13,15H,2-3,6,9-12H2,1H3,(H,25,26). The van der Waals surface area contributed by atoms with Crippen molar-refractivity contribution >= 4 is 35.0 Å². The minimum atomic E-state index is -1.01. The van der Waals surface area contributed by atoms with Gasteiger partial charge in [0.2, 0.25) is 5.91 Å². The number of thioether (sulfide) groups is 1. The van der Waals surface area contributed by atoms with E-state index < -0.39 is 5.97 Å². The maximum atomic E-state index is 12.3. The molecule has 0 aliphatic carbocycles. The average molecular weight is 421 g/mol. The van der Waals surface area contributed by atoms with Gasteiger partial charge in [-0.1, -0.05) is 11.8 Å². The summed E-state index contributed by atoms with van der Waals surface area (Å²) in [5.41, 5.74) is 1.35. The van der Waals surface area contributed by atoms with Crippen LogP contribution in [0.15, 0.2) is 34.2 Å². The summed E-state index contributed by atoms with van der Waals surface area (Å²) >= 11 is 2.84. The molecule has 0 bridgehead atoms. The molecule has 0 spiro atoms. The summed E-state index contributed by atoms with van der Waals surface area (Å²) in [6, 6.07) is 4.30. The Bertz CT molecular complexity index is 799. The van der Waals surface area contributed by atoms with E-state index in [9.17, 15) is 9.59 Å². The van der Waals surface area contributed by atoms with Crippen molar-refractivity contribution in [3.63, 3.8) is 0 Å². The van der Waals surface area contributed by atoms with Crippen LogP contribution in [0.4, 0.5) is 0 Å². The molecule has 1 aliphatic heterocycles. The molecular weight excluding hydrogens is 396 g/mol. The summed E-state index contributed by atoms with van der Waals surface area (Å²) in [7, 11) is 2.10. The van der Waals surface area contributed by atoms with Crippen LogP contribution in [0.5, 0.6) is 0 Å². The molecule has 2 aromatic rings. The summed E-state index contributed by atoms with van der Waals surface area (Å²) in [6.45, 7) is 2.46. The molecule has 1 atom stereocenters. The number of aromatic nitrogens is 2. The van der Waals surface area contributed by atoms with Crippen molar-refractivity contribution in [2.45, 2.75) is 29.6 Å². The molecule has 0 aromatic carbocycles. The predicted molar refractivity (Wildman–Crippen MR) is 110 cm³/mol. The zero-order valence-corrected chi connectivity index (χ0v) is 17.4. The first kappa shape index (κ1) is 20.8. The van der Waals surface area contributed by atoms with Crippen LogP contribution >= 0.6 is 23.1 Å². The minimum Gasteiger partial charge on any atom is -0.476 e. The fraction of sp³-hybridized carbons (Fsp3) is 0.474. The fourth-order valence-corrected chi connectivity index (χ4v) is 5.07. The quantitative estimate of drug-likeness (QED) is 0.591. The Kier molecular flexibility index (Phi) is 7.41. The van der Waals surface area contributed by atoms with Gasteiger partial charge in [-0.25, -0.2) is 9.78 Å². The highest BCUT2D eigenvalue weighted by atomic mass is 32.2. The van der Waals surface area contributed by atoms with Gasteiger partial charge in [-0.15, -0.1) is 11.3 Å². The summed E-state index contributed by atoms with van der Waals surface area (Å²) in [5.74, 6) is -0.0820. The molecule has 150 valence electrons. The van der Waals surface area contributed by atoms with Crippen molar-refractivity contribution in [1.82, 2.24) is 19.8 Å². The number of hydrogen-bond donors (Lipinski definition) is 1. The van der Waals surface area contributed by atoms with Crippen LogP contribution in [0.3, 0.4) is 0 Å². The molecule has 1 N–H and O–H groups in total. The maximum absolute atomic E-state index is 12.3. The van der Waals surface area contributed by atoms with E-state index in [2.05, 4.69) is 21.9 Å². The van der Waals surface area contributed by atoms with Gasteiger partial charge >= 0.3 is 5.97 Å². The Hall–Kier alpha value is -1.97. The fourth-order valence-electron chi connectivity index (χ4n) is 3.26. The molecule has 28 heavy (non-hydrogen) atoms. The van der Waals surface area contributed by atoms with Gasteiger partial charge in [-0.3, -0.25) is 9.78 Å². The second-order valence-corrected chi connectivity index (χ2v) is 9.00. The second kappa shape index (κ2) is 9.99. The largest absolute Gasteiger partial charge is 0.476 e. The smallest absolute Gasteiger partial charge is 0.355 e. The number of carboxylic acids is 1. The molecule has 1 saturated heterocycles. The van der Waals surface area contributed by atoms with E-state index in [0.29, 0.717) is 13.0 Å². The Morgan fingerprint density at radius 3 is 2.93 bits per heavy atom. The Balaban J connectivity index is 1.44. The van der Waals surface area contributed by atoms with Gasteiger partial charge < -0.3 is 14.9 Å². The molecule has 1 unspecified atom stereocenters. The van der Waals surface area contributed by atoms with Crippen LogP contribution in [0.25, 0.3) is 0 Å². The van der Waals surface area contributed by atoms with Crippen molar-refractivity contribution < 1.29 is 14.7 Å². The molecule has 1 aliphatic rings. The highest BCUT2D eigenvalue weighted by molar-refractivity contribution is 8.01.